The van der Waals surface area contributed by atoms with E-state index in [4.69, 9.17) is 11.6 Å². The fourth-order valence-corrected chi connectivity index (χ4v) is 1.66. The van der Waals surface area contributed by atoms with E-state index in [1.54, 1.807) is 0 Å². The fraction of sp³-hybridized carbons (Fsp3) is 0.375. The number of nitro groups is 1. The Labute approximate surface area is 101 Å². The van der Waals surface area contributed by atoms with E-state index in [2.05, 4.69) is 15.3 Å². The number of anilines is 1. The molecule has 0 aliphatic carbocycles. The molecule has 1 saturated heterocycles. The number of hydrogen-bond donors (Lipinski definition) is 1. The molecule has 0 saturated carbocycles. The Kier molecular flexibility index (Phi) is 3.05. The van der Waals surface area contributed by atoms with Gasteiger partial charge in [-0.25, -0.2) is 4.98 Å². The van der Waals surface area contributed by atoms with Crippen molar-refractivity contribution in [3.05, 3.63) is 21.6 Å². The van der Waals surface area contributed by atoms with Gasteiger partial charge in [0.15, 0.2) is 0 Å². The van der Waals surface area contributed by atoms with Gasteiger partial charge in [-0.2, -0.15) is 4.98 Å². The molecule has 0 atom stereocenters. The molecule has 1 aromatic heterocycles. The van der Waals surface area contributed by atoms with E-state index >= 15 is 0 Å². The second kappa shape index (κ2) is 4.50. The molecule has 2 heterocycles. The van der Waals surface area contributed by atoms with Crippen LogP contribution in [0.5, 0.6) is 0 Å². The number of hydrogen-bond acceptors (Lipinski definition) is 6. The van der Waals surface area contributed by atoms with E-state index < -0.39 is 4.92 Å². The Bertz CT molecular complexity index is 480. The van der Waals surface area contributed by atoms with Crippen molar-refractivity contribution in [3.8, 4) is 0 Å². The number of nitrogens with one attached hydrogen (secondary N) is 1. The van der Waals surface area contributed by atoms with Gasteiger partial charge in [-0.1, -0.05) is 0 Å². The lowest BCUT2D eigenvalue weighted by Gasteiger charge is -2.26. The van der Waals surface area contributed by atoms with Gasteiger partial charge in [-0.05, 0) is 11.6 Å². The van der Waals surface area contributed by atoms with Crippen LogP contribution in [0.15, 0.2) is 6.20 Å². The van der Waals surface area contributed by atoms with Crippen molar-refractivity contribution in [2.45, 2.75) is 0 Å². The first-order valence-electron chi connectivity index (χ1n) is 4.76. The lowest BCUT2D eigenvalue weighted by Crippen LogP contribution is -2.48. The van der Waals surface area contributed by atoms with Gasteiger partial charge in [0.1, 0.15) is 6.20 Å². The van der Waals surface area contributed by atoms with E-state index in [0.29, 0.717) is 13.1 Å². The van der Waals surface area contributed by atoms with Crippen LogP contribution < -0.4 is 10.2 Å². The van der Waals surface area contributed by atoms with Crippen LogP contribution in [-0.2, 0) is 4.79 Å². The molecule has 1 aromatic rings. The molecule has 17 heavy (non-hydrogen) atoms. The largest absolute Gasteiger partial charge is 0.353 e. The van der Waals surface area contributed by atoms with Gasteiger partial charge >= 0.3 is 5.69 Å². The molecule has 0 unspecified atom stereocenters. The number of halogens is 1. The van der Waals surface area contributed by atoms with Crippen molar-refractivity contribution in [3.63, 3.8) is 0 Å². The highest BCUT2D eigenvalue weighted by atomic mass is 35.5. The first kappa shape index (κ1) is 11.5. The van der Waals surface area contributed by atoms with Crippen LogP contribution in [0.1, 0.15) is 0 Å². The molecule has 0 aromatic carbocycles. The summed E-state index contributed by atoms with van der Waals surface area (Å²) in [5, 5.41) is 13.3. The number of aromatic nitrogens is 2. The predicted octanol–water partition coefficient (Wildman–Crippen LogP) is -0.0256. The summed E-state index contributed by atoms with van der Waals surface area (Å²) in [6, 6.07) is 0. The van der Waals surface area contributed by atoms with Crippen molar-refractivity contribution < 1.29 is 9.72 Å². The van der Waals surface area contributed by atoms with Crippen LogP contribution in [0.25, 0.3) is 0 Å². The van der Waals surface area contributed by atoms with Crippen LogP contribution in [0.2, 0.25) is 5.28 Å². The summed E-state index contributed by atoms with van der Waals surface area (Å²) in [6.45, 7) is 0.881. The zero-order valence-corrected chi connectivity index (χ0v) is 9.35. The quantitative estimate of drug-likeness (QED) is 0.454. The second-order valence-corrected chi connectivity index (χ2v) is 3.71. The summed E-state index contributed by atoms with van der Waals surface area (Å²) in [4.78, 5) is 30.3. The highest BCUT2D eigenvalue weighted by Crippen LogP contribution is 2.26. The Balaban J connectivity index is 2.38. The third-order valence-corrected chi connectivity index (χ3v) is 2.44. The zero-order valence-electron chi connectivity index (χ0n) is 8.59. The van der Waals surface area contributed by atoms with Crippen molar-refractivity contribution in [1.82, 2.24) is 15.3 Å². The molecule has 1 amide bonds. The number of rotatable bonds is 2. The molecular formula is C8H8ClN5O3. The summed E-state index contributed by atoms with van der Waals surface area (Å²) in [5.41, 5.74) is -0.260. The molecular weight excluding hydrogens is 250 g/mol. The van der Waals surface area contributed by atoms with Crippen molar-refractivity contribution in [2.75, 3.05) is 24.5 Å². The summed E-state index contributed by atoms with van der Waals surface area (Å²) in [5.74, 6) is -0.134. The lowest BCUT2D eigenvalue weighted by atomic mass is 10.3. The first-order valence-corrected chi connectivity index (χ1v) is 5.14. The normalized spacial score (nSPS) is 15.6. The van der Waals surface area contributed by atoms with Crippen molar-refractivity contribution >= 4 is 29.0 Å². The van der Waals surface area contributed by atoms with Gasteiger partial charge in [-0.3, -0.25) is 14.9 Å². The van der Waals surface area contributed by atoms with Crippen molar-refractivity contribution in [1.29, 1.82) is 0 Å². The number of nitrogens with zero attached hydrogens (tertiary/aromatic N) is 4. The third kappa shape index (κ3) is 2.41. The smallest absolute Gasteiger partial charge is 0.329 e. The minimum atomic E-state index is -0.599. The maximum atomic E-state index is 11.2. The minimum absolute atomic E-state index is 0.0220. The van der Waals surface area contributed by atoms with Crippen LogP contribution in [0, 0.1) is 10.1 Å². The van der Waals surface area contributed by atoms with Crippen LogP contribution in [0.3, 0.4) is 0 Å². The third-order valence-electron chi connectivity index (χ3n) is 2.26. The minimum Gasteiger partial charge on any atom is -0.353 e. The Morgan fingerprint density at radius 1 is 1.59 bits per heavy atom. The van der Waals surface area contributed by atoms with E-state index in [9.17, 15) is 14.9 Å². The maximum absolute atomic E-state index is 11.2. The standard InChI is InChI=1S/C8H8ClN5O3/c9-8-11-3-5(14(16)17)7(12-8)13-2-1-10-6(15)4-13/h3H,1-2,4H2,(H,10,15). The monoisotopic (exact) mass is 257 g/mol. The van der Waals surface area contributed by atoms with Crippen LogP contribution >= 0.6 is 11.6 Å². The van der Waals surface area contributed by atoms with Crippen LogP contribution in [0.4, 0.5) is 11.5 Å². The average Bonchev–Trinajstić information content (AvgIpc) is 2.28. The molecule has 1 aliphatic heterocycles. The summed E-state index contributed by atoms with van der Waals surface area (Å²) >= 11 is 5.61. The highest BCUT2D eigenvalue weighted by molar-refractivity contribution is 6.28. The fourth-order valence-electron chi connectivity index (χ4n) is 1.53. The van der Waals surface area contributed by atoms with Gasteiger partial charge in [-0.15, -0.1) is 0 Å². The van der Waals surface area contributed by atoms with Gasteiger partial charge in [0.05, 0.1) is 11.5 Å². The Morgan fingerprint density at radius 2 is 2.35 bits per heavy atom. The molecule has 90 valence electrons. The second-order valence-electron chi connectivity index (χ2n) is 3.38. The number of carbonyl (C=O) groups is 1. The van der Waals surface area contributed by atoms with E-state index in [1.807, 2.05) is 0 Å². The number of piperazine rings is 1. The first-order chi connectivity index (χ1) is 8.08. The average molecular weight is 258 g/mol. The van der Waals surface area contributed by atoms with Gasteiger partial charge in [0.25, 0.3) is 0 Å². The molecule has 2 rings (SSSR count). The summed E-state index contributed by atoms with van der Waals surface area (Å²) in [7, 11) is 0. The molecule has 1 fully saturated rings. The highest BCUT2D eigenvalue weighted by Gasteiger charge is 2.26. The van der Waals surface area contributed by atoms with Crippen LogP contribution in [-0.4, -0.2) is 40.4 Å². The van der Waals surface area contributed by atoms with Gasteiger partial charge in [0, 0.05) is 13.1 Å². The molecule has 1 aliphatic rings. The molecule has 0 spiro atoms. The lowest BCUT2D eigenvalue weighted by molar-refractivity contribution is -0.384. The van der Waals surface area contributed by atoms with Gasteiger partial charge in [0.2, 0.25) is 17.0 Å². The Morgan fingerprint density at radius 3 is 3.00 bits per heavy atom. The SMILES string of the molecule is O=C1CN(c2nc(Cl)ncc2[N+](=O)[O-])CCN1. The van der Waals surface area contributed by atoms with E-state index in [-0.39, 0.29) is 29.2 Å². The summed E-state index contributed by atoms with van der Waals surface area (Å²) < 4.78 is 0. The van der Waals surface area contributed by atoms with Gasteiger partial charge < -0.3 is 10.2 Å². The van der Waals surface area contributed by atoms with Crippen molar-refractivity contribution in [2.24, 2.45) is 0 Å². The molecule has 9 heteroatoms. The van der Waals surface area contributed by atoms with E-state index in [0.717, 1.165) is 6.20 Å². The maximum Gasteiger partial charge on any atom is 0.329 e. The van der Waals surface area contributed by atoms with E-state index in [1.165, 1.54) is 4.90 Å². The summed E-state index contributed by atoms with van der Waals surface area (Å²) in [6.07, 6.45) is 1.04. The Hall–Kier alpha value is -1.96. The number of amides is 1. The number of carbonyl (C=O) groups excluding carboxylic acids is 1. The topological polar surface area (TPSA) is 101 Å². The predicted molar refractivity (Wildman–Crippen MR) is 58.9 cm³/mol. The molecule has 8 nitrogen and oxygen atoms in total. The molecule has 0 bridgehead atoms. The molecule has 1 N–H and O–H groups in total. The molecule has 0 radical (unpaired) electrons. The zero-order chi connectivity index (χ0) is 12.4.